The minimum atomic E-state index is -0.561. The Hall–Kier alpha value is -2.85. The quantitative estimate of drug-likeness (QED) is 0.566. The highest BCUT2D eigenvalue weighted by atomic mass is 16.5. The van der Waals surface area contributed by atoms with Crippen molar-refractivity contribution in [2.45, 2.75) is 18.9 Å². The average Bonchev–Trinajstić information content (AvgIpc) is 3.10. The number of hydrogen-bond acceptors (Lipinski definition) is 5. The molecule has 1 aromatic carbocycles. The first kappa shape index (κ1) is 17.5. The number of benzene rings is 1. The lowest BCUT2D eigenvalue weighted by Crippen LogP contribution is -2.32. The van der Waals surface area contributed by atoms with Gasteiger partial charge in [0.25, 0.3) is 11.8 Å². The number of nitrogens with one attached hydrogen (secondary N) is 1. The van der Waals surface area contributed by atoms with E-state index in [0.717, 1.165) is 12.8 Å². The molecule has 0 aromatic heterocycles. The number of carbonyl (C=O) groups excluding carboxylic acids is 2. The highest BCUT2D eigenvalue weighted by Crippen LogP contribution is 2.15. The van der Waals surface area contributed by atoms with E-state index in [1.807, 2.05) is 6.07 Å². The molecule has 2 amide bonds. The van der Waals surface area contributed by atoms with E-state index in [1.165, 1.54) is 6.08 Å². The van der Waals surface area contributed by atoms with Crippen LogP contribution in [0.2, 0.25) is 0 Å². The van der Waals surface area contributed by atoms with Crippen molar-refractivity contribution < 1.29 is 19.1 Å². The Labute approximate surface area is 140 Å². The molecule has 7 nitrogen and oxygen atoms in total. The minimum Gasteiger partial charge on any atom is -0.484 e. The Balaban J connectivity index is 1.94. The summed E-state index contributed by atoms with van der Waals surface area (Å²) in [7, 11) is 0. The molecule has 1 aliphatic rings. The standard InChI is InChI=1S/C17H19N3O4/c18-9-13(17(22)20-10-15-2-1-7-23-15)8-12-3-5-14(6-4-12)24-11-16(19)21/h3-6,8,15H,1-2,7,10-11H2,(H2,19,21)(H,20,22)/b13-8-/t15-/m1/s1. The second-order valence-electron chi connectivity index (χ2n) is 5.34. The van der Waals surface area contributed by atoms with Gasteiger partial charge in [-0.1, -0.05) is 12.1 Å². The maximum Gasteiger partial charge on any atom is 0.262 e. The fraction of sp³-hybridized carbons (Fsp3) is 0.353. The van der Waals surface area contributed by atoms with Crippen LogP contribution in [-0.4, -0.2) is 37.7 Å². The summed E-state index contributed by atoms with van der Waals surface area (Å²) in [4.78, 5) is 22.7. The van der Waals surface area contributed by atoms with Gasteiger partial charge in [-0.3, -0.25) is 9.59 Å². The molecule has 0 radical (unpaired) electrons. The number of nitrogens with two attached hydrogens (primary N) is 1. The van der Waals surface area contributed by atoms with E-state index >= 15 is 0 Å². The van der Waals surface area contributed by atoms with Crippen LogP contribution in [0.1, 0.15) is 18.4 Å². The van der Waals surface area contributed by atoms with Crippen LogP contribution in [0, 0.1) is 11.3 Å². The number of hydrogen-bond donors (Lipinski definition) is 2. The Morgan fingerprint density at radius 2 is 2.17 bits per heavy atom. The number of nitriles is 1. The van der Waals surface area contributed by atoms with Gasteiger partial charge in [-0.15, -0.1) is 0 Å². The fourth-order valence-corrected chi connectivity index (χ4v) is 2.24. The van der Waals surface area contributed by atoms with Gasteiger partial charge in [-0.25, -0.2) is 0 Å². The summed E-state index contributed by atoms with van der Waals surface area (Å²) in [6, 6.07) is 8.53. The van der Waals surface area contributed by atoms with Crippen LogP contribution < -0.4 is 15.8 Å². The molecule has 1 atom stereocenters. The smallest absolute Gasteiger partial charge is 0.262 e. The van der Waals surface area contributed by atoms with E-state index in [9.17, 15) is 9.59 Å². The lowest BCUT2D eigenvalue weighted by Gasteiger charge is -2.10. The summed E-state index contributed by atoms with van der Waals surface area (Å²) >= 11 is 0. The average molecular weight is 329 g/mol. The van der Waals surface area contributed by atoms with Crippen molar-refractivity contribution in [2.75, 3.05) is 19.8 Å². The minimum absolute atomic E-state index is 0.0128. The molecule has 0 aliphatic carbocycles. The number of carbonyl (C=O) groups is 2. The van der Waals surface area contributed by atoms with E-state index in [-0.39, 0.29) is 18.3 Å². The van der Waals surface area contributed by atoms with E-state index in [4.69, 9.17) is 20.5 Å². The van der Waals surface area contributed by atoms with Crippen molar-refractivity contribution >= 4 is 17.9 Å². The van der Waals surface area contributed by atoms with E-state index in [2.05, 4.69) is 5.32 Å². The van der Waals surface area contributed by atoms with Crippen molar-refractivity contribution in [3.8, 4) is 11.8 Å². The van der Waals surface area contributed by atoms with Gasteiger partial charge in [0, 0.05) is 13.2 Å². The van der Waals surface area contributed by atoms with E-state index in [1.54, 1.807) is 24.3 Å². The fourth-order valence-electron chi connectivity index (χ4n) is 2.24. The van der Waals surface area contributed by atoms with Crippen LogP contribution in [0.4, 0.5) is 0 Å². The Morgan fingerprint density at radius 1 is 1.42 bits per heavy atom. The van der Waals surface area contributed by atoms with Gasteiger partial charge in [-0.2, -0.15) is 5.26 Å². The molecule has 0 unspecified atom stereocenters. The van der Waals surface area contributed by atoms with E-state index < -0.39 is 11.8 Å². The van der Waals surface area contributed by atoms with Crippen molar-refractivity contribution in [3.63, 3.8) is 0 Å². The number of nitrogens with zero attached hydrogens (tertiary/aromatic N) is 1. The molecular weight excluding hydrogens is 310 g/mol. The molecule has 0 bridgehead atoms. The van der Waals surface area contributed by atoms with Gasteiger partial charge in [0.1, 0.15) is 17.4 Å². The van der Waals surface area contributed by atoms with Crippen LogP contribution in [-0.2, 0) is 14.3 Å². The van der Waals surface area contributed by atoms with Crippen LogP contribution in [0.15, 0.2) is 29.8 Å². The molecule has 24 heavy (non-hydrogen) atoms. The summed E-state index contributed by atoms with van der Waals surface area (Å²) in [5, 5.41) is 11.9. The third-order valence-electron chi connectivity index (χ3n) is 3.45. The molecule has 0 spiro atoms. The van der Waals surface area contributed by atoms with Crippen LogP contribution in [0.25, 0.3) is 6.08 Å². The SMILES string of the molecule is N#C/C(=C/c1ccc(OCC(N)=O)cc1)C(=O)NC[C@H]1CCCO1. The monoisotopic (exact) mass is 329 g/mol. The normalized spacial score (nSPS) is 17.1. The number of ether oxygens (including phenoxy) is 2. The third kappa shape index (κ3) is 5.41. The molecule has 1 aromatic rings. The summed E-state index contributed by atoms with van der Waals surface area (Å²) < 4.78 is 10.6. The molecule has 1 saturated heterocycles. The zero-order chi connectivity index (χ0) is 17.4. The largest absolute Gasteiger partial charge is 0.484 e. The predicted molar refractivity (Wildman–Crippen MR) is 86.7 cm³/mol. The molecule has 2 rings (SSSR count). The number of primary amides is 1. The first-order chi connectivity index (χ1) is 11.6. The highest BCUT2D eigenvalue weighted by Gasteiger charge is 2.17. The summed E-state index contributed by atoms with van der Waals surface area (Å²) in [6.07, 6.45) is 3.42. The maximum absolute atomic E-state index is 12.0. The maximum atomic E-state index is 12.0. The van der Waals surface area contributed by atoms with E-state index in [0.29, 0.717) is 24.5 Å². The second-order valence-corrected chi connectivity index (χ2v) is 5.34. The highest BCUT2D eigenvalue weighted by molar-refractivity contribution is 6.01. The van der Waals surface area contributed by atoms with Crippen LogP contribution >= 0.6 is 0 Å². The molecule has 7 heteroatoms. The molecule has 126 valence electrons. The zero-order valence-corrected chi connectivity index (χ0v) is 13.2. The number of amides is 2. The molecule has 3 N–H and O–H groups in total. The van der Waals surface area contributed by atoms with Gasteiger partial charge >= 0.3 is 0 Å². The summed E-state index contributed by atoms with van der Waals surface area (Å²) in [6.45, 7) is 0.910. The molecule has 1 fully saturated rings. The first-order valence-corrected chi connectivity index (χ1v) is 7.61. The second kappa shape index (κ2) is 8.70. The molecule has 0 saturated carbocycles. The van der Waals surface area contributed by atoms with Gasteiger partial charge in [-0.05, 0) is 36.6 Å². The zero-order valence-electron chi connectivity index (χ0n) is 13.2. The number of rotatable bonds is 7. The summed E-state index contributed by atoms with van der Waals surface area (Å²) in [5.41, 5.74) is 5.68. The van der Waals surface area contributed by atoms with Crippen molar-refractivity contribution in [3.05, 3.63) is 35.4 Å². The van der Waals surface area contributed by atoms with Crippen molar-refractivity contribution in [1.29, 1.82) is 5.26 Å². The van der Waals surface area contributed by atoms with Crippen LogP contribution in [0.5, 0.6) is 5.75 Å². The Morgan fingerprint density at radius 3 is 2.75 bits per heavy atom. The van der Waals surface area contributed by atoms with Gasteiger partial charge in [0.2, 0.25) is 0 Å². The predicted octanol–water partition coefficient (Wildman–Crippen LogP) is 0.753. The topological polar surface area (TPSA) is 114 Å². The van der Waals surface area contributed by atoms with Crippen molar-refractivity contribution in [2.24, 2.45) is 5.73 Å². The summed E-state index contributed by atoms with van der Waals surface area (Å²) in [5.74, 6) is -0.511. The van der Waals surface area contributed by atoms with Gasteiger partial charge in [0.05, 0.1) is 6.10 Å². The van der Waals surface area contributed by atoms with Crippen molar-refractivity contribution in [1.82, 2.24) is 5.32 Å². The molecule has 1 aliphatic heterocycles. The van der Waals surface area contributed by atoms with Gasteiger partial charge < -0.3 is 20.5 Å². The van der Waals surface area contributed by atoms with Gasteiger partial charge in [0.15, 0.2) is 6.61 Å². The Kier molecular flexibility index (Phi) is 6.34. The molecular formula is C17H19N3O4. The first-order valence-electron chi connectivity index (χ1n) is 7.61. The lowest BCUT2D eigenvalue weighted by atomic mass is 10.1. The Bertz CT molecular complexity index is 655. The third-order valence-corrected chi connectivity index (χ3v) is 3.45. The van der Waals surface area contributed by atoms with Crippen LogP contribution in [0.3, 0.4) is 0 Å². The lowest BCUT2D eigenvalue weighted by molar-refractivity contribution is -0.120. The molecule has 1 heterocycles.